The molecule has 0 heterocycles. The van der Waals surface area contributed by atoms with E-state index in [2.05, 4.69) is 4.99 Å². The first-order valence-electron chi connectivity index (χ1n) is 3.58. The molecule has 1 aromatic carbocycles. The van der Waals surface area contributed by atoms with Crippen molar-refractivity contribution in [3.8, 4) is 0 Å². The van der Waals surface area contributed by atoms with Crippen LogP contribution in [-0.4, -0.2) is 20.5 Å². The SMILES string of the molecule is [B]C(Cc1ccccc1)=NC. The van der Waals surface area contributed by atoms with Crippen LogP contribution in [0.5, 0.6) is 0 Å². The molecule has 0 unspecified atom stereocenters. The van der Waals surface area contributed by atoms with E-state index in [4.69, 9.17) is 7.85 Å². The molecule has 0 N–H and O–H groups in total. The highest BCUT2D eigenvalue weighted by Gasteiger charge is 1.91. The summed E-state index contributed by atoms with van der Waals surface area (Å²) >= 11 is 0. The Balaban J connectivity index is 2.65. The lowest BCUT2D eigenvalue weighted by Gasteiger charge is -1.98. The number of aliphatic imine (C=N–C) groups is 1. The number of nitrogens with zero attached hydrogens (tertiary/aromatic N) is 1. The molecule has 0 amide bonds. The van der Waals surface area contributed by atoms with Crippen LogP contribution >= 0.6 is 0 Å². The molecule has 0 aliphatic heterocycles. The number of benzene rings is 1. The molecule has 1 nitrogen and oxygen atoms in total. The highest BCUT2D eigenvalue weighted by Crippen LogP contribution is 1.99. The van der Waals surface area contributed by atoms with Gasteiger partial charge in [-0.1, -0.05) is 30.3 Å². The second-order valence-corrected chi connectivity index (χ2v) is 2.38. The lowest BCUT2D eigenvalue weighted by Crippen LogP contribution is -2.01. The summed E-state index contributed by atoms with van der Waals surface area (Å²) < 4.78 is 0. The van der Waals surface area contributed by atoms with Gasteiger partial charge >= 0.3 is 0 Å². The van der Waals surface area contributed by atoms with Crippen LogP contribution < -0.4 is 0 Å². The quantitative estimate of drug-likeness (QED) is 0.438. The van der Waals surface area contributed by atoms with Crippen LogP contribution in [0.2, 0.25) is 0 Å². The van der Waals surface area contributed by atoms with Gasteiger partial charge in [0.25, 0.3) is 0 Å². The van der Waals surface area contributed by atoms with Gasteiger partial charge in [-0.25, -0.2) is 0 Å². The third-order valence-corrected chi connectivity index (χ3v) is 1.52. The van der Waals surface area contributed by atoms with Crippen molar-refractivity contribution in [2.75, 3.05) is 7.05 Å². The Hall–Kier alpha value is -1.05. The van der Waals surface area contributed by atoms with E-state index in [0.29, 0.717) is 5.61 Å². The smallest absolute Gasteiger partial charge is 0.135 e. The minimum atomic E-state index is 0.677. The standard InChI is InChI=1S/C9H10BN/c1-11-9(10)7-8-5-3-2-4-6-8/h2-6H,7H2,1H3. The van der Waals surface area contributed by atoms with Crippen LogP contribution in [0.25, 0.3) is 0 Å². The molecule has 1 rings (SSSR count). The van der Waals surface area contributed by atoms with Crippen LogP contribution in [-0.2, 0) is 6.42 Å². The maximum absolute atomic E-state index is 5.55. The van der Waals surface area contributed by atoms with Crippen LogP contribution in [0.15, 0.2) is 35.3 Å². The van der Waals surface area contributed by atoms with Crippen LogP contribution in [0.4, 0.5) is 0 Å². The molecule has 1 aromatic rings. The van der Waals surface area contributed by atoms with Crippen molar-refractivity contribution < 1.29 is 0 Å². The fourth-order valence-electron chi connectivity index (χ4n) is 0.884. The normalized spacial score (nSPS) is 11.5. The maximum atomic E-state index is 5.55. The van der Waals surface area contributed by atoms with Crippen molar-refractivity contribution in [2.45, 2.75) is 6.42 Å². The summed E-state index contributed by atoms with van der Waals surface area (Å²) in [4.78, 5) is 3.88. The van der Waals surface area contributed by atoms with Gasteiger partial charge in [-0.05, 0) is 11.2 Å². The monoisotopic (exact) mass is 143 g/mol. The number of rotatable bonds is 2. The topological polar surface area (TPSA) is 12.4 Å². The van der Waals surface area contributed by atoms with Gasteiger partial charge < -0.3 is 4.99 Å². The van der Waals surface area contributed by atoms with Gasteiger partial charge in [-0.2, -0.15) is 0 Å². The highest BCUT2D eigenvalue weighted by atomic mass is 14.6. The maximum Gasteiger partial charge on any atom is 0.135 e. The van der Waals surface area contributed by atoms with E-state index < -0.39 is 0 Å². The predicted octanol–water partition coefficient (Wildman–Crippen LogP) is 1.43. The van der Waals surface area contributed by atoms with Crippen LogP contribution in [0.3, 0.4) is 0 Å². The molecule has 0 fully saturated rings. The summed E-state index contributed by atoms with van der Waals surface area (Å²) in [5, 5.41) is 0. The molecule has 0 aromatic heterocycles. The van der Waals surface area contributed by atoms with Gasteiger partial charge in [0, 0.05) is 13.5 Å². The number of hydrogen-bond donors (Lipinski definition) is 0. The molecule has 0 atom stereocenters. The van der Waals surface area contributed by atoms with Crippen LogP contribution in [0, 0.1) is 0 Å². The van der Waals surface area contributed by atoms with E-state index in [-0.39, 0.29) is 0 Å². The van der Waals surface area contributed by atoms with E-state index in [0.717, 1.165) is 6.42 Å². The van der Waals surface area contributed by atoms with Gasteiger partial charge in [0.2, 0.25) is 0 Å². The summed E-state index contributed by atoms with van der Waals surface area (Å²) in [7, 11) is 7.26. The molecular formula is C9H10BN. The molecule has 0 aliphatic rings. The van der Waals surface area contributed by atoms with Gasteiger partial charge in [-0.3, -0.25) is 0 Å². The van der Waals surface area contributed by atoms with Gasteiger partial charge in [-0.15, -0.1) is 0 Å². The largest absolute Gasteiger partial charge is 0.308 e. The van der Waals surface area contributed by atoms with E-state index >= 15 is 0 Å². The summed E-state index contributed by atoms with van der Waals surface area (Å²) in [5.74, 6) is 0. The molecule has 0 aliphatic carbocycles. The van der Waals surface area contributed by atoms with Crippen molar-refractivity contribution >= 4 is 13.5 Å². The summed E-state index contributed by atoms with van der Waals surface area (Å²) in [6.07, 6.45) is 0.747. The second-order valence-electron chi connectivity index (χ2n) is 2.38. The van der Waals surface area contributed by atoms with Crippen molar-refractivity contribution in [1.82, 2.24) is 0 Å². The van der Waals surface area contributed by atoms with Crippen molar-refractivity contribution in [2.24, 2.45) is 4.99 Å². The van der Waals surface area contributed by atoms with Gasteiger partial charge in [0.15, 0.2) is 0 Å². The molecule has 0 spiro atoms. The van der Waals surface area contributed by atoms with Gasteiger partial charge in [0.1, 0.15) is 7.85 Å². The summed E-state index contributed by atoms with van der Waals surface area (Å²) in [5.41, 5.74) is 1.88. The number of hydrogen-bond acceptors (Lipinski definition) is 1. The van der Waals surface area contributed by atoms with Crippen molar-refractivity contribution in [3.05, 3.63) is 35.9 Å². The third kappa shape index (κ3) is 2.58. The molecule has 54 valence electrons. The van der Waals surface area contributed by atoms with E-state index in [1.807, 2.05) is 30.3 Å². The first-order chi connectivity index (χ1) is 5.33. The Morgan fingerprint density at radius 3 is 2.55 bits per heavy atom. The fraction of sp³-hybridized carbons (Fsp3) is 0.222. The zero-order valence-electron chi connectivity index (χ0n) is 6.62. The third-order valence-electron chi connectivity index (χ3n) is 1.52. The minimum Gasteiger partial charge on any atom is -0.308 e. The Morgan fingerprint density at radius 2 is 2.00 bits per heavy atom. The molecule has 0 bridgehead atoms. The summed E-state index contributed by atoms with van der Waals surface area (Å²) in [6.45, 7) is 0. The zero-order valence-corrected chi connectivity index (χ0v) is 6.62. The predicted molar refractivity (Wildman–Crippen MR) is 49.3 cm³/mol. The average molecular weight is 143 g/mol. The lowest BCUT2D eigenvalue weighted by molar-refractivity contribution is 1.31. The van der Waals surface area contributed by atoms with E-state index in [1.165, 1.54) is 5.56 Å². The minimum absolute atomic E-state index is 0.677. The van der Waals surface area contributed by atoms with Crippen LogP contribution in [0.1, 0.15) is 5.56 Å². The molecule has 0 saturated carbocycles. The van der Waals surface area contributed by atoms with E-state index in [1.54, 1.807) is 7.05 Å². The first kappa shape index (κ1) is 8.06. The molecule has 2 radical (unpaired) electrons. The Morgan fingerprint density at radius 1 is 1.36 bits per heavy atom. The Bertz CT molecular complexity index is 241. The molecular weight excluding hydrogens is 133 g/mol. The Kier molecular flexibility index (Phi) is 2.90. The lowest BCUT2D eigenvalue weighted by atomic mass is 9.94. The van der Waals surface area contributed by atoms with Crippen molar-refractivity contribution in [3.63, 3.8) is 0 Å². The first-order valence-corrected chi connectivity index (χ1v) is 3.58. The zero-order chi connectivity index (χ0) is 8.10. The highest BCUT2D eigenvalue weighted by molar-refractivity contribution is 6.59. The van der Waals surface area contributed by atoms with E-state index in [9.17, 15) is 0 Å². The van der Waals surface area contributed by atoms with Crippen molar-refractivity contribution in [1.29, 1.82) is 0 Å². The summed E-state index contributed by atoms with van der Waals surface area (Å²) in [6, 6.07) is 10.1. The molecule has 2 heteroatoms. The fourth-order valence-corrected chi connectivity index (χ4v) is 0.884. The molecule has 11 heavy (non-hydrogen) atoms. The second kappa shape index (κ2) is 3.96. The molecule has 0 saturated heterocycles. The average Bonchev–Trinajstić information content (AvgIpc) is 2.06. The Labute approximate surface area is 68.6 Å². The van der Waals surface area contributed by atoms with Gasteiger partial charge in [0.05, 0.1) is 0 Å².